The van der Waals surface area contributed by atoms with Gasteiger partial charge >= 0.3 is 0 Å². The Labute approximate surface area is 177 Å². The number of rotatable bonds is 6. The molecule has 29 heavy (non-hydrogen) atoms. The predicted octanol–water partition coefficient (Wildman–Crippen LogP) is 3.80. The average molecular weight is 437 g/mol. The molecule has 0 bridgehead atoms. The smallest absolute Gasteiger partial charge is 0.264 e. The van der Waals surface area contributed by atoms with E-state index < -0.39 is 10.0 Å². The zero-order valence-corrected chi connectivity index (χ0v) is 18.1. The molecule has 0 N–H and O–H groups in total. The Balaban J connectivity index is 2.01. The molecule has 1 aliphatic rings. The quantitative estimate of drug-likeness (QED) is 0.690. The molecule has 6 nitrogen and oxygen atoms in total. The topological polar surface area (TPSA) is 66.9 Å². The van der Waals surface area contributed by atoms with E-state index in [4.69, 9.17) is 16.3 Å². The first-order chi connectivity index (χ1) is 13.8. The molecule has 1 saturated heterocycles. The fourth-order valence-corrected chi connectivity index (χ4v) is 4.96. The van der Waals surface area contributed by atoms with Crippen molar-refractivity contribution in [1.29, 1.82) is 0 Å². The molecule has 0 spiro atoms. The summed E-state index contributed by atoms with van der Waals surface area (Å²) in [5, 5.41) is 0.355. The summed E-state index contributed by atoms with van der Waals surface area (Å²) in [6.07, 6.45) is 1.83. The van der Waals surface area contributed by atoms with E-state index in [9.17, 15) is 13.2 Å². The molecule has 0 aliphatic carbocycles. The zero-order chi connectivity index (χ0) is 21.0. The van der Waals surface area contributed by atoms with Crippen LogP contribution in [-0.4, -0.2) is 46.0 Å². The Morgan fingerprint density at radius 3 is 2.45 bits per heavy atom. The summed E-state index contributed by atoms with van der Waals surface area (Å²) >= 11 is 6.14. The number of hydrogen-bond acceptors (Lipinski definition) is 4. The number of benzene rings is 2. The zero-order valence-electron chi connectivity index (χ0n) is 16.5. The molecule has 0 radical (unpaired) electrons. The van der Waals surface area contributed by atoms with Crippen LogP contribution in [0.15, 0.2) is 53.4 Å². The van der Waals surface area contributed by atoms with Crippen molar-refractivity contribution in [1.82, 2.24) is 4.90 Å². The van der Waals surface area contributed by atoms with Crippen LogP contribution in [0.5, 0.6) is 5.75 Å². The molecule has 1 heterocycles. The summed E-state index contributed by atoms with van der Waals surface area (Å²) in [5.74, 6) is 0.656. The number of halogens is 1. The molecule has 156 valence electrons. The predicted molar refractivity (Wildman–Crippen MR) is 114 cm³/mol. The van der Waals surface area contributed by atoms with E-state index in [1.54, 1.807) is 35.2 Å². The highest BCUT2D eigenvalue weighted by molar-refractivity contribution is 7.92. The lowest BCUT2D eigenvalue weighted by atomic mass is 9.99. The molecule has 0 aromatic heterocycles. The van der Waals surface area contributed by atoms with Gasteiger partial charge in [0, 0.05) is 18.1 Å². The number of hydrogen-bond donors (Lipinski definition) is 0. The summed E-state index contributed by atoms with van der Waals surface area (Å²) in [6.45, 7) is 3.10. The number of nitrogens with zero attached hydrogens (tertiary/aromatic N) is 2. The van der Waals surface area contributed by atoms with E-state index in [0.29, 0.717) is 29.8 Å². The van der Waals surface area contributed by atoms with Crippen LogP contribution in [0.4, 0.5) is 5.69 Å². The third-order valence-electron chi connectivity index (χ3n) is 5.16. The number of sulfonamides is 1. The number of methoxy groups -OCH3 is 1. The normalized spacial score (nSPS) is 15.2. The molecule has 1 aliphatic heterocycles. The third kappa shape index (κ3) is 4.85. The number of ether oxygens (including phenoxy) is 1. The largest absolute Gasteiger partial charge is 0.495 e. The average Bonchev–Trinajstić information content (AvgIpc) is 2.73. The van der Waals surface area contributed by atoms with E-state index >= 15 is 0 Å². The number of piperidine rings is 1. The van der Waals surface area contributed by atoms with Crippen LogP contribution in [0, 0.1) is 5.92 Å². The van der Waals surface area contributed by atoms with Gasteiger partial charge < -0.3 is 9.64 Å². The summed E-state index contributed by atoms with van der Waals surface area (Å²) in [7, 11) is -2.55. The van der Waals surface area contributed by atoms with Crippen LogP contribution >= 0.6 is 11.6 Å². The molecule has 1 fully saturated rings. The van der Waals surface area contributed by atoms with Crippen LogP contribution in [-0.2, 0) is 14.8 Å². The number of anilines is 1. The second kappa shape index (κ2) is 9.05. The van der Waals surface area contributed by atoms with Crippen molar-refractivity contribution < 1.29 is 17.9 Å². The highest BCUT2D eigenvalue weighted by Crippen LogP contribution is 2.35. The van der Waals surface area contributed by atoms with E-state index in [1.807, 2.05) is 0 Å². The Hall–Kier alpha value is -2.25. The number of likely N-dealkylation sites (tertiary alicyclic amines) is 1. The maximum absolute atomic E-state index is 13.4. The van der Waals surface area contributed by atoms with Crippen molar-refractivity contribution in [2.45, 2.75) is 24.7 Å². The monoisotopic (exact) mass is 436 g/mol. The molecule has 2 aromatic carbocycles. The number of carbonyl (C=O) groups excluding carboxylic acids is 1. The first kappa shape index (κ1) is 21.5. The SMILES string of the molecule is COc1ccc(Cl)cc1N(CC(=O)N1CCC(C)CC1)S(=O)(=O)c1ccccc1. The molecular formula is C21H25ClN2O4S. The second-order valence-corrected chi connectivity index (χ2v) is 9.50. The van der Waals surface area contributed by atoms with Crippen LogP contribution < -0.4 is 9.04 Å². The molecule has 0 unspecified atom stereocenters. The van der Waals surface area contributed by atoms with Gasteiger partial charge in [-0.2, -0.15) is 0 Å². The van der Waals surface area contributed by atoms with Gasteiger partial charge in [0.25, 0.3) is 10.0 Å². The van der Waals surface area contributed by atoms with E-state index in [0.717, 1.165) is 17.1 Å². The van der Waals surface area contributed by atoms with E-state index in [-0.39, 0.29) is 23.0 Å². The van der Waals surface area contributed by atoms with Gasteiger partial charge in [0.05, 0.1) is 17.7 Å². The van der Waals surface area contributed by atoms with Gasteiger partial charge in [-0.3, -0.25) is 9.10 Å². The molecule has 0 atom stereocenters. The van der Waals surface area contributed by atoms with Gasteiger partial charge in [0.2, 0.25) is 5.91 Å². The van der Waals surface area contributed by atoms with Gasteiger partial charge in [-0.25, -0.2) is 8.42 Å². The van der Waals surface area contributed by atoms with Crippen LogP contribution in [0.2, 0.25) is 5.02 Å². The first-order valence-electron chi connectivity index (χ1n) is 9.52. The summed E-state index contributed by atoms with van der Waals surface area (Å²) < 4.78 is 33.3. The summed E-state index contributed by atoms with van der Waals surface area (Å²) in [6, 6.07) is 12.8. The minimum absolute atomic E-state index is 0.0992. The lowest BCUT2D eigenvalue weighted by Crippen LogP contribution is -2.45. The second-order valence-electron chi connectivity index (χ2n) is 7.20. The fraction of sp³-hybridized carbons (Fsp3) is 0.381. The minimum atomic E-state index is -4.00. The molecular weight excluding hydrogens is 412 g/mol. The summed E-state index contributed by atoms with van der Waals surface area (Å²) in [4.78, 5) is 14.8. The maximum Gasteiger partial charge on any atom is 0.264 e. The Bertz CT molecular complexity index is 958. The van der Waals surface area contributed by atoms with Gasteiger partial charge in [0.15, 0.2) is 0 Å². The Morgan fingerprint density at radius 2 is 1.83 bits per heavy atom. The third-order valence-corrected chi connectivity index (χ3v) is 7.17. The minimum Gasteiger partial charge on any atom is -0.495 e. The standard InChI is InChI=1S/C21H25ClN2O4S/c1-16-10-12-23(13-11-16)21(25)15-24(19-14-17(22)8-9-20(19)28-2)29(26,27)18-6-4-3-5-7-18/h3-9,14,16H,10-13,15H2,1-2H3. The van der Waals surface area contributed by atoms with Crippen molar-refractivity contribution in [3.05, 3.63) is 53.6 Å². The molecule has 2 aromatic rings. The van der Waals surface area contributed by atoms with Gasteiger partial charge in [0.1, 0.15) is 12.3 Å². The molecule has 1 amide bonds. The van der Waals surface area contributed by atoms with Crippen molar-refractivity contribution in [3.8, 4) is 5.75 Å². The van der Waals surface area contributed by atoms with Crippen molar-refractivity contribution in [2.24, 2.45) is 5.92 Å². The molecule has 0 saturated carbocycles. The fourth-order valence-electron chi connectivity index (χ4n) is 3.36. The van der Waals surface area contributed by atoms with Gasteiger partial charge in [-0.05, 0) is 49.1 Å². The molecule has 3 rings (SSSR count). The van der Waals surface area contributed by atoms with E-state index in [2.05, 4.69) is 6.92 Å². The number of amides is 1. The first-order valence-corrected chi connectivity index (χ1v) is 11.3. The highest BCUT2D eigenvalue weighted by atomic mass is 35.5. The van der Waals surface area contributed by atoms with Crippen LogP contribution in [0.1, 0.15) is 19.8 Å². The van der Waals surface area contributed by atoms with Crippen molar-refractivity contribution in [2.75, 3.05) is 31.0 Å². The molecule has 8 heteroatoms. The van der Waals surface area contributed by atoms with Gasteiger partial charge in [-0.1, -0.05) is 36.7 Å². The van der Waals surface area contributed by atoms with Crippen molar-refractivity contribution in [3.63, 3.8) is 0 Å². The van der Waals surface area contributed by atoms with Crippen molar-refractivity contribution >= 4 is 33.2 Å². The Morgan fingerprint density at radius 1 is 1.17 bits per heavy atom. The summed E-state index contributed by atoms with van der Waals surface area (Å²) in [5.41, 5.74) is 0.239. The maximum atomic E-state index is 13.4. The number of carbonyl (C=O) groups is 1. The van der Waals surface area contributed by atoms with E-state index in [1.165, 1.54) is 25.3 Å². The lowest BCUT2D eigenvalue weighted by molar-refractivity contribution is -0.130. The lowest BCUT2D eigenvalue weighted by Gasteiger charge is -2.33. The van der Waals surface area contributed by atoms with Crippen LogP contribution in [0.3, 0.4) is 0 Å². The van der Waals surface area contributed by atoms with Crippen LogP contribution in [0.25, 0.3) is 0 Å². The van der Waals surface area contributed by atoms with Gasteiger partial charge in [-0.15, -0.1) is 0 Å². The Kier molecular flexibility index (Phi) is 6.70. The highest BCUT2D eigenvalue weighted by Gasteiger charge is 2.31.